The second kappa shape index (κ2) is 10.1. The molecule has 0 atom stereocenters. The highest BCUT2D eigenvalue weighted by atomic mass is 35.5. The minimum Gasteiger partial charge on any atom is -0.495 e. The molecule has 156 valence electrons. The molecule has 0 saturated carbocycles. The molecule has 3 aromatic rings. The first kappa shape index (κ1) is 21.7. The maximum atomic E-state index is 12.4. The molecule has 2 aromatic carbocycles. The number of amides is 1. The van der Waals surface area contributed by atoms with Crippen molar-refractivity contribution in [3.05, 3.63) is 69.1 Å². The number of benzene rings is 2. The number of ether oxygens (including phenoxy) is 3. The number of carbonyl (C=O) groups is 1. The van der Waals surface area contributed by atoms with Gasteiger partial charge < -0.3 is 19.5 Å². The molecular formula is C22H21ClN2O4S. The van der Waals surface area contributed by atoms with Gasteiger partial charge in [0.25, 0.3) is 0 Å². The monoisotopic (exact) mass is 444 g/mol. The lowest BCUT2D eigenvalue weighted by molar-refractivity contribution is -0.111. The molecule has 0 saturated heterocycles. The highest BCUT2D eigenvalue weighted by Gasteiger charge is 2.11. The fourth-order valence-corrected chi connectivity index (χ4v) is 3.47. The first-order valence-corrected chi connectivity index (χ1v) is 10.3. The molecule has 1 N–H and O–H groups in total. The maximum Gasteiger partial charge on any atom is 0.248 e. The lowest BCUT2D eigenvalue weighted by Crippen LogP contribution is -2.09. The molecule has 8 heteroatoms. The van der Waals surface area contributed by atoms with E-state index < -0.39 is 0 Å². The Bertz CT molecular complexity index is 1070. The van der Waals surface area contributed by atoms with Crippen molar-refractivity contribution in [3.63, 3.8) is 0 Å². The number of halogens is 1. The van der Waals surface area contributed by atoms with Crippen molar-refractivity contribution >= 4 is 40.6 Å². The first-order valence-electron chi connectivity index (χ1n) is 9.03. The van der Waals surface area contributed by atoms with Crippen LogP contribution in [0.2, 0.25) is 5.02 Å². The molecule has 3 rings (SSSR count). The average molecular weight is 445 g/mol. The lowest BCUT2D eigenvalue weighted by atomic mass is 10.2. The van der Waals surface area contributed by atoms with Crippen LogP contribution >= 0.6 is 22.9 Å². The molecule has 0 fully saturated rings. The summed E-state index contributed by atoms with van der Waals surface area (Å²) in [6.07, 6.45) is 3.14. The summed E-state index contributed by atoms with van der Waals surface area (Å²) in [5, 5.41) is 6.15. The highest BCUT2D eigenvalue weighted by Crippen LogP contribution is 2.35. The van der Waals surface area contributed by atoms with Crippen molar-refractivity contribution in [2.24, 2.45) is 0 Å². The van der Waals surface area contributed by atoms with Crippen LogP contribution in [0.25, 0.3) is 6.08 Å². The number of rotatable bonds is 8. The van der Waals surface area contributed by atoms with Crippen LogP contribution in [0.5, 0.6) is 17.2 Å². The Hall–Kier alpha value is -3.03. The van der Waals surface area contributed by atoms with Gasteiger partial charge in [-0.1, -0.05) is 23.7 Å². The van der Waals surface area contributed by atoms with Crippen LogP contribution < -0.4 is 19.5 Å². The van der Waals surface area contributed by atoms with Crippen LogP contribution in [-0.2, 0) is 11.4 Å². The zero-order chi connectivity index (χ0) is 21.5. The normalized spacial score (nSPS) is 10.8. The molecule has 1 amide bonds. The molecule has 30 heavy (non-hydrogen) atoms. The van der Waals surface area contributed by atoms with Gasteiger partial charge in [0.15, 0.2) is 0 Å². The Labute approximate surface area is 184 Å². The van der Waals surface area contributed by atoms with Crippen molar-refractivity contribution < 1.29 is 19.0 Å². The van der Waals surface area contributed by atoms with Crippen LogP contribution in [0.1, 0.15) is 16.3 Å². The van der Waals surface area contributed by atoms with E-state index in [1.165, 1.54) is 20.3 Å². The van der Waals surface area contributed by atoms with Crippen molar-refractivity contribution in [3.8, 4) is 17.2 Å². The summed E-state index contributed by atoms with van der Waals surface area (Å²) in [6, 6.07) is 10.7. The van der Waals surface area contributed by atoms with E-state index in [1.807, 2.05) is 36.6 Å². The third kappa shape index (κ3) is 5.75. The minimum atomic E-state index is -0.318. The zero-order valence-electron chi connectivity index (χ0n) is 16.8. The number of hydrogen-bond acceptors (Lipinski definition) is 6. The van der Waals surface area contributed by atoms with Gasteiger partial charge in [-0.05, 0) is 30.7 Å². The van der Waals surface area contributed by atoms with Gasteiger partial charge in [-0.2, -0.15) is 0 Å². The molecule has 0 spiro atoms. The predicted molar refractivity (Wildman–Crippen MR) is 120 cm³/mol. The number of methoxy groups -OCH3 is 2. The van der Waals surface area contributed by atoms with Gasteiger partial charge in [0.05, 0.1) is 35.6 Å². The molecule has 6 nitrogen and oxygen atoms in total. The molecule has 0 unspecified atom stereocenters. The fourth-order valence-electron chi connectivity index (χ4n) is 2.64. The third-order valence-corrected chi connectivity index (χ3v) is 5.19. The summed E-state index contributed by atoms with van der Waals surface area (Å²) >= 11 is 7.68. The number of nitrogens with zero attached hydrogens (tertiary/aromatic N) is 1. The van der Waals surface area contributed by atoms with E-state index in [0.717, 1.165) is 16.3 Å². The van der Waals surface area contributed by atoms with Gasteiger partial charge >= 0.3 is 0 Å². The van der Waals surface area contributed by atoms with Gasteiger partial charge in [0.1, 0.15) is 23.9 Å². The van der Waals surface area contributed by atoms with Crippen molar-refractivity contribution in [2.45, 2.75) is 13.5 Å². The standard InChI is InChI=1S/C22H21ClN2O4S/c1-14-24-16(13-30-14)12-29-17-6-4-5-15(9-17)7-8-22(26)25-19-11-20(27-2)18(23)10-21(19)28-3/h4-11,13H,12H2,1-3H3,(H,25,26)/b8-7+. The molecule has 0 aliphatic rings. The van der Waals surface area contributed by atoms with Crippen molar-refractivity contribution in [2.75, 3.05) is 19.5 Å². The Morgan fingerprint density at radius 2 is 2.00 bits per heavy atom. The Kier molecular flexibility index (Phi) is 7.32. The number of aryl methyl sites for hydroxylation is 1. The summed E-state index contributed by atoms with van der Waals surface area (Å²) in [6.45, 7) is 2.36. The topological polar surface area (TPSA) is 69.7 Å². The highest BCUT2D eigenvalue weighted by molar-refractivity contribution is 7.09. The summed E-state index contributed by atoms with van der Waals surface area (Å²) in [5.41, 5.74) is 2.19. The number of nitrogens with one attached hydrogen (secondary N) is 1. The molecule has 0 aliphatic heterocycles. The first-order chi connectivity index (χ1) is 14.5. The quantitative estimate of drug-likeness (QED) is 0.474. The van der Waals surface area contributed by atoms with E-state index in [1.54, 1.807) is 29.5 Å². The van der Waals surface area contributed by atoms with Crippen LogP contribution in [-0.4, -0.2) is 25.1 Å². The number of hydrogen-bond donors (Lipinski definition) is 1. The van der Waals surface area contributed by atoms with Crippen molar-refractivity contribution in [1.82, 2.24) is 4.98 Å². The van der Waals surface area contributed by atoms with E-state index in [4.69, 9.17) is 25.8 Å². The van der Waals surface area contributed by atoms with Crippen LogP contribution in [0.15, 0.2) is 47.9 Å². The van der Waals surface area contributed by atoms with Gasteiger partial charge in [-0.3, -0.25) is 4.79 Å². The van der Waals surface area contributed by atoms with Crippen LogP contribution in [0, 0.1) is 6.92 Å². The van der Waals surface area contributed by atoms with E-state index >= 15 is 0 Å². The van der Waals surface area contributed by atoms with E-state index in [0.29, 0.717) is 34.6 Å². The predicted octanol–water partition coefficient (Wildman–Crippen LogP) is 5.35. The van der Waals surface area contributed by atoms with Gasteiger partial charge in [-0.15, -0.1) is 11.3 Å². The van der Waals surface area contributed by atoms with Crippen LogP contribution in [0.4, 0.5) is 5.69 Å². The van der Waals surface area contributed by atoms with Crippen LogP contribution in [0.3, 0.4) is 0 Å². The molecular weight excluding hydrogens is 424 g/mol. The van der Waals surface area contributed by atoms with E-state index in [2.05, 4.69) is 10.3 Å². The maximum absolute atomic E-state index is 12.4. The van der Waals surface area contributed by atoms with E-state index in [-0.39, 0.29) is 5.91 Å². The average Bonchev–Trinajstić information content (AvgIpc) is 3.17. The molecule has 0 bridgehead atoms. The second-order valence-electron chi connectivity index (χ2n) is 6.23. The minimum absolute atomic E-state index is 0.318. The number of anilines is 1. The Morgan fingerprint density at radius 1 is 1.20 bits per heavy atom. The molecule has 1 heterocycles. The number of aromatic nitrogens is 1. The van der Waals surface area contributed by atoms with Gasteiger partial charge in [0, 0.05) is 23.6 Å². The van der Waals surface area contributed by atoms with E-state index in [9.17, 15) is 4.79 Å². The second-order valence-corrected chi connectivity index (χ2v) is 7.70. The third-order valence-electron chi connectivity index (χ3n) is 4.07. The van der Waals surface area contributed by atoms with Gasteiger partial charge in [0.2, 0.25) is 5.91 Å². The Morgan fingerprint density at radius 3 is 2.70 bits per heavy atom. The molecule has 0 radical (unpaired) electrons. The number of thiazole rings is 1. The number of carbonyl (C=O) groups excluding carboxylic acids is 1. The molecule has 1 aromatic heterocycles. The summed E-state index contributed by atoms with van der Waals surface area (Å²) < 4.78 is 16.2. The zero-order valence-corrected chi connectivity index (χ0v) is 18.3. The SMILES string of the molecule is COc1cc(NC(=O)/C=C/c2cccc(OCc3csc(C)n3)c2)c(OC)cc1Cl. The summed E-state index contributed by atoms with van der Waals surface area (Å²) in [7, 11) is 3.01. The summed E-state index contributed by atoms with van der Waals surface area (Å²) in [5.74, 6) is 1.27. The molecule has 0 aliphatic carbocycles. The largest absolute Gasteiger partial charge is 0.495 e. The smallest absolute Gasteiger partial charge is 0.248 e. The fraction of sp³-hybridized carbons (Fsp3) is 0.182. The Balaban J connectivity index is 1.65. The van der Waals surface area contributed by atoms with Crippen molar-refractivity contribution in [1.29, 1.82) is 0 Å². The summed E-state index contributed by atoms with van der Waals surface area (Å²) in [4.78, 5) is 16.7. The van der Waals surface area contributed by atoms with Gasteiger partial charge in [-0.25, -0.2) is 4.98 Å². The lowest BCUT2D eigenvalue weighted by Gasteiger charge is -2.12.